The first-order valence-electron chi connectivity index (χ1n) is 7.35. The summed E-state index contributed by atoms with van der Waals surface area (Å²) in [5, 5.41) is 0.987. The minimum Gasteiger partial charge on any atom is -0.435 e. The zero-order valence-electron chi connectivity index (χ0n) is 12.9. The SMILES string of the molecule is Cc1ccc2cccc(Oc3ncnc(-n4ccnc4)c3N)c2n1. The molecule has 3 aromatic heterocycles. The molecule has 0 amide bonds. The number of benzene rings is 1. The summed E-state index contributed by atoms with van der Waals surface area (Å²) in [4.78, 5) is 16.9. The molecule has 3 heterocycles. The number of aryl methyl sites for hydroxylation is 1. The van der Waals surface area contributed by atoms with Crippen molar-refractivity contribution in [2.24, 2.45) is 0 Å². The van der Waals surface area contributed by atoms with Crippen LogP contribution in [0.2, 0.25) is 0 Å². The summed E-state index contributed by atoms with van der Waals surface area (Å²) in [6, 6.07) is 9.69. The number of hydrogen-bond acceptors (Lipinski definition) is 6. The lowest BCUT2D eigenvalue weighted by Crippen LogP contribution is -2.04. The van der Waals surface area contributed by atoms with Crippen LogP contribution >= 0.6 is 0 Å². The fourth-order valence-electron chi connectivity index (χ4n) is 2.45. The molecule has 4 aromatic rings. The van der Waals surface area contributed by atoms with Crippen molar-refractivity contribution in [2.45, 2.75) is 6.92 Å². The van der Waals surface area contributed by atoms with Crippen LogP contribution in [0.4, 0.5) is 5.69 Å². The second-order valence-corrected chi connectivity index (χ2v) is 5.27. The quantitative estimate of drug-likeness (QED) is 0.624. The van der Waals surface area contributed by atoms with E-state index in [-0.39, 0.29) is 5.88 Å². The van der Waals surface area contributed by atoms with E-state index in [1.54, 1.807) is 23.3 Å². The molecule has 24 heavy (non-hydrogen) atoms. The molecule has 7 heteroatoms. The van der Waals surface area contributed by atoms with E-state index in [2.05, 4.69) is 19.9 Å². The fourth-order valence-corrected chi connectivity index (χ4v) is 2.45. The highest BCUT2D eigenvalue weighted by Gasteiger charge is 2.13. The van der Waals surface area contributed by atoms with Gasteiger partial charge in [-0.25, -0.2) is 15.0 Å². The zero-order chi connectivity index (χ0) is 16.5. The molecule has 0 aliphatic carbocycles. The number of rotatable bonds is 3. The van der Waals surface area contributed by atoms with Crippen molar-refractivity contribution in [3.63, 3.8) is 0 Å². The molecular weight excluding hydrogens is 304 g/mol. The van der Waals surface area contributed by atoms with Gasteiger partial charge in [-0.1, -0.05) is 18.2 Å². The van der Waals surface area contributed by atoms with Gasteiger partial charge in [0, 0.05) is 23.5 Å². The summed E-state index contributed by atoms with van der Waals surface area (Å²) < 4.78 is 7.65. The third-order valence-corrected chi connectivity index (χ3v) is 3.60. The largest absolute Gasteiger partial charge is 0.435 e. The van der Waals surface area contributed by atoms with Gasteiger partial charge in [0.15, 0.2) is 11.6 Å². The molecule has 0 radical (unpaired) electrons. The van der Waals surface area contributed by atoms with Crippen LogP contribution in [-0.4, -0.2) is 24.5 Å². The van der Waals surface area contributed by atoms with Crippen molar-refractivity contribution in [3.8, 4) is 17.4 Å². The number of anilines is 1. The van der Waals surface area contributed by atoms with Crippen LogP contribution in [0.1, 0.15) is 5.69 Å². The molecule has 0 fully saturated rings. The van der Waals surface area contributed by atoms with Gasteiger partial charge < -0.3 is 10.5 Å². The topological polar surface area (TPSA) is 91.7 Å². The van der Waals surface area contributed by atoms with Crippen LogP contribution in [0, 0.1) is 6.92 Å². The fraction of sp³-hybridized carbons (Fsp3) is 0.0588. The van der Waals surface area contributed by atoms with E-state index in [0.29, 0.717) is 17.3 Å². The van der Waals surface area contributed by atoms with Crippen molar-refractivity contribution >= 4 is 16.6 Å². The third-order valence-electron chi connectivity index (χ3n) is 3.60. The molecule has 0 unspecified atom stereocenters. The smallest absolute Gasteiger partial charge is 0.248 e. The lowest BCUT2D eigenvalue weighted by molar-refractivity contribution is 0.468. The number of hydrogen-bond donors (Lipinski definition) is 1. The first kappa shape index (κ1) is 14.1. The van der Waals surface area contributed by atoms with Gasteiger partial charge in [0.05, 0.1) is 0 Å². The standard InChI is InChI=1S/C17H14N6O/c1-11-5-6-12-3-2-4-13(15(12)22-11)24-17-14(18)16(20-9-21-17)23-8-7-19-10-23/h2-10H,18H2,1H3. The van der Waals surface area contributed by atoms with E-state index in [9.17, 15) is 0 Å². The minimum absolute atomic E-state index is 0.282. The Labute approximate surface area is 137 Å². The Morgan fingerprint density at radius 3 is 2.88 bits per heavy atom. The molecule has 118 valence electrons. The molecular formula is C17H14N6O. The maximum atomic E-state index is 6.18. The highest BCUT2D eigenvalue weighted by molar-refractivity contribution is 5.85. The van der Waals surface area contributed by atoms with Gasteiger partial charge in [0.25, 0.3) is 0 Å². The summed E-state index contributed by atoms with van der Waals surface area (Å²) in [5.74, 6) is 1.39. The van der Waals surface area contributed by atoms with Gasteiger partial charge in [0.1, 0.15) is 23.9 Å². The van der Waals surface area contributed by atoms with Crippen LogP contribution in [0.25, 0.3) is 16.7 Å². The lowest BCUT2D eigenvalue weighted by atomic mass is 10.2. The molecule has 0 aliphatic heterocycles. The lowest BCUT2D eigenvalue weighted by Gasteiger charge is -2.12. The molecule has 0 aliphatic rings. The second-order valence-electron chi connectivity index (χ2n) is 5.27. The van der Waals surface area contributed by atoms with E-state index >= 15 is 0 Å². The number of ether oxygens (including phenoxy) is 1. The van der Waals surface area contributed by atoms with Crippen LogP contribution in [0.5, 0.6) is 11.6 Å². The minimum atomic E-state index is 0.282. The summed E-state index contributed by atoms with van der Waals surface area (Å²) in [7, 11) is 0. The van der Waals surface area contributed by atoms with E-state index in [4.69, 9.17) is 10.5 Å². The van der Waals surface area contributed by atoms with E-state index in [0.717, 1.165) is 16.6 Å². The van der Waals surface area contributed by atoms with Crippen molar-refractivity contribution in [2.75, 3.05) is 5.73 Å². The van der Waals surface area contributed by atoms with Crippen LogP contribution in [0.15, 0.2) is 55.4 Å². The Balaban J connectivity index is 1.79. The Morgan fingerprint density at radius 1 is 1.12 bits per heavy atom. The van der Waals surface area contributed by atoms with E-state index in [1.807, 2.05) is 37.3 Å². The molecule has 0 saturated heterocycles. The maximum Gasteiger partial charge on any atom is 0.248 e. The van der Waals surface area contributed by atoms with Gasteiger partial charge in [0.2, 0.25) is 5.88 Å². The molecule has 0 spiro atoms. The van der Waals surface area contributed by atoms with Crippen LogP contribution in [-0.2, 0) is 0 Å². The third kappa shape index (κ3) is 2.41. The average Bonchev–Trinajstić information content (AvgIpc) is 3.11. The number of aromatic nitrogens is 5. The van der Waals surface area contributed by atoms with Crippen LogP contribution < -0.4 is 10.5 Å². The Hall–Kier alpha value is -3.48. The first-order chi connectivity index (χ1) is 11.7. The normalized spacial score (nSPS) is 10.9. The van der Waals surface area contributed by atoms with Crippen molar-refractivity contribution in [1.29, 1.82) is 0 Å². The Kier molecular flexibility index (Phi) is 3.31. The predicted molar refractivity (Wildman–Crippen MR) is 90.1 cm³/mol. The van der Waals surface area contributed by atoms with Gasteiger partial charge in [-0.05, 0) is 19.1 Å². The van der Waals surface area contributed by atoms with Crippen molar-refractivity contribution in [3.05, 3.63) is 61.1 Å². The van der Waals surface area contributed by atoms with Gasteiger partial charge in [-0.2, -0.15) is 4.98 Å². The molecule has 4 rings (SSSR count). The zero-order valence-corrected chi connectivity index (χ0v) is 12.9. The van der Waals surface area contributed by atoms with Gasteiger partial charge in [-0.3, -0.25) is 4.57 Å². The van der Waals surface area contributed by atoms with E-state index in [1.165, 1.54) is 6.33 Å². The average molecular weight is 318 g/mol. The van der Waals surface area contributed by atoms with Gasteiger partial charge >= 0.3 is 0 Å². The molecule has 7 nitrogen and oxygen atoms in total. The number of imidazole rings is 1. The summed E-state index contributed by atoms with van der Waals surface area (Å²) >= 11 is 0. The number of nitrogen functional groups attached to an aromatic ring is 1. The molecule has 1 aromatic carbocycles. The highest BCUT2D eigenvalue weighted by Crippen LogP contribution is 2.32. The maximum absolute atomic E-state index is 6.18. The molecule has 0 bridgehead atoms. The van der Waals surface area contributed by atoms with Gasteiger partial charge in [-0.15, -0.1) is 0 Å². The second kappa shape index (κ2) is 5.62. The Bertz CT molecular complexity index is 1010. The number of fused-ring (bicyclic) bond motifs is 1. The number of nitrogens with zero attached hydrogens (tertiary/aromatic N) is 5. The van der Waals surface area contributed by atoms with Crippen molar-refractivity contribution in [1.82, 2.24) is 24.5 Å². The summed E-state index contributed by atoms with van der Waals surface area (Å²) in [6.07, 6.45) is 6.43. The monoisotopic (exact) mass is 318 g/mol. The number of para-hydroxylation sites is 1. The number of nitrogens with two attached hydrogens (primary N) is 1. The van der Waals surface area contributed by atoms with Crippen LogP contribution in [0.3, 0.4) is 0 Å². The number of pyridine rings is 1. The first-order valence-corrected chi connectivity index (χ1v) is 7.35. The Morgan fingerprint density at radius 2 is 2.04 bits per heavy atom. The summed E-state index contributed by atoms with van der Waals surface area (Å²) in [6.45, 7) is 1.94. The highest BCUT2D eigenvalue weighted by atomic mass is 16.5. The van der Waals surface area contributed by atoms with E-state index < -0.39 is 0 Å². The summed E-state index contributed by atoms with van der Waals surface area (Å²) in [5.41, 5.74) is 8.18. The molecule has 2 N–H and O–H groups in total. The van der Waals surface area contributed by atoms with Crippen molar-refractivity contribution < 1.29 is 4.74 Å². The molecule has 0 atom stereocenters. The molecule has 0 saturated carbocycles. The predicted octanol–water partition coefficient (Wildman–Crippen LogP) is 2.89.